The number of carbonyl (C=O) groups excluding carboxylic acids is 1. The van der Waals surface area contributed by atoms with E-state index in [2.05, 4.69) is 15.7 Å². The molecule has 0 radical (unpaired) electrons. The molecule has 1 aliphatic rings. The van der Waals surface area contributed by atoms with Gasteiger partial charge in [-0.1, -0.05) is 12.8 Å². The van der Waals surface area contributed by atoms with Crippen molar-refractivity contribution >= 4 is 11.6 Å². The average Bonchev–Trinajstić information content (AvgIpc) is 3.22. The van der Waals surface area contributed by atoms with E-state index in [1.165, 1.54) is 12.8 Å². The topological polar surface area (TPSA) is 72.1 Å². The first-order chi connectivity index (χ1) is 11.1. The fourth-order valence-corrected chi connectivity index (χ4v) is 3.02. The zero-order valence-corrected chi connectivity index (χ0v) is 13.7. The van der Waals surface area contributed by atoms with Crippen molar-refractivity contribution in [3.05, 3.63) is 36.0 Å². The second kappa shape index (κ2) is 6.89. The van der Waals surface area contributed by atoms with Crippen molar-refractivity contribution in [2.45, 2.75) is 58.2 Å². The summed E-state index contributed by atoms with van der Waals surface area (Å²) in [6, 6.07) is 4.31. The second-order valence-electron chi connectivity index (χ2n) is 6.29. The normalized spacial score (nSPS) is 16.4. The van der Waals surface area contributed by atoms with Gasteiger partial charge in [0.05, 0.1) is 17.9 Å². The van der Waals surface area contributed by atoms with Gasteiger partial charge in [-0.15, -0.1) is 0 Å². The van der Waals surface area contributed by atoms with Crippen molar-refractivity contribution in [3.8, 4) is 0 Å². The highest BCUT2D eigenvalue weighted by molar-refractivity contribution is 5.76. The average molecular weight is 316 g/mol. The van der Waals surface area contributed by atoms with Crippen LogP contribution in [0.4, 0.5) is 5.69 Å². The molecule has 0 saturated heterocycles. The van der Waals surface area contributed by atoms with Crippen molar-refractivity contribution in [1.82, 2.24) is 15.1 Å². The predicted octanol–water partition coefficient (Wildman–Crippen LogP) is 3.02. The summed E-state index contributed by atoms with van der Waals surface area (Å²) in [4.78, 5) is 12.0. The summed E-state index contributed by atoms with van der Waals surface area (Å²) in [5.41, 5.74) is 0.875. The first-order valence-electron chi connectivity index (χ1n) is 8.25. The number of rotatable bonds is 6. The number of amides is 1. The van der Waals surface area contributed by atoms with Crippen LogP contribution in [0.2, 0.25) is 0 Å². The molecule has 1 unspecified atom stereocenters. The van der Waals surface area contributed by atoms with Crippen molar-refractivity contribution < 1.29 is 9.21 Å². The summed E-state index contributed by atoms with van der Waals surface area (Å²) < 4.78 is 7.27. The number of nitrogens with zero attached hydrogens (tertiary/aromatic N) is 2. The number of hydrogen-bond acceptors (Lipinski definition) is 4. The molecule has 3 rings (SSSR count). The fraction of sp³-hybridized carbons (Fsp3) is 0.529. The Morgan fingerprint density at radius 3 is 2.91 bits per heavy atom. The van der Waals surface area contributed by atoms with Gasteiger partial charge in [0.25, 0.3) is 0 Å². The summed E-state index contributed by atoms with van der Waals surface area (Å²) in [5.74, 6) is 1.81. The van der Waals surface area contributed by atoms with Crippen molar-refractivity contribution in [3.63, 3.8) is 0 Å². The van der Waals surface area contributed by atoms with Gasteiger partial charge in [0.15, 0.2) is 0 Å². The molecule has 0 spiro atoms. The van der Waals surface area contributed by atoms with Gasteiger partial charge in [0.2, 0.25) is 5.91 Å². The molecular formula is C17H24N4O2. The zero-order valence-electron chi connectivity index (χ0n) is 13.7. The Morgan fingerprint density at radius 1 is 1.43 bits per heavy atom. The van der Waals surface area contributed by atoms with Crippen LogP contribution in [0.15, 0.2) is 28.9 Å². The number of hydrogen-bond donors (Lipinski definition) is 2. The lowest BCUT2D eigenvalue weighted by Gasteiger charge is -2.12. The number of aromatic nitrogens is 2. The van der Waals surface area contributed by atoms with Gasteiger partial charge in [-0.05, 0) is 38.8 Å². The minimum absolute atomic E-state index is 0.0289. The summed E-state index contributed by atoms with van der Waals surface area (Å²) in [6.07, 6.45) is 8.20. The van der Waals surface area contributed by atoms with Crippen LogP contribution in [-0.4, -0.2) is 21.7 Å². The van der Waals surface area contributed by atoms with Crippen LogP contribution in [0.5, 0.6) is 0 Å². The van der Waals surface area contributed by atoms with E-state index in [1.54, 1.807) is 10.9 Å². The van der Waals surface area contributed by atoms with Crippen LogP contribution >= 0.6 is 0 Å². The molecule has 124 valence electrons. The Kier molecular flexibility index (Phi) is 4.69. The van der Waals surface area contributed by atoms with E-state index in [4.69, 9.17) is 4.42 Å². The molecule has 2 aromatic heterocycles. The van der Waals surface area contributed by atoms with Crippen LogP contribution in [-0.2, 0) is 11.3 Å². The predicted molar refractivity (Wildman–Crippen MR) is 88.1 cm³/mol. The Balaban J connectivity index is 1.52. The first-order valence-corrected chi connectivity index (χ1v) is 8.25. The highest BCUT2D eigenvalue weighted by Crippen LogP contribution is 2.21. The minimum Gasteiger partial charge on any atom is -0.464 e. The van der Waals surface area contributed by atoms with Crippen LogP contribution < -0.4 is 10.6 Å². The third-order valence-electron chi connectivity index (χ3n) is 4.23. The first kappa shape index (κ1) is 15.6. The lowest BCUT2D eigenvalue weighted by molar-refractivity contribution is -0.122. The van der Waals surface area contributed by atoms with E-state index < -0.39 is 0 Å². The van der Waals surface area contributed by atoms with Gasteiger partial charge in [0, 0.05) is 12.2 Å². The quantitative estimate of drug-likeness (QED) is 0.859. The molecule has 1 aliphatic carbocycles. The SMILES string of the molecule is Cc1ccc(C(C)Nc2cnn(CC(=O)NC3CCCC3)c2)o1. The maximum absolute atomic E-state index is 12.0. The van der Waals surface area contributed by atoms with Gasteiger partial charge in [-0.3, -0.25) is 9.48 Å². The van der Waals surface area contributed by atoms with E-state index in [-0.39, 0.29) is 18.5 Å². The number of anilines is 1. The molecule has 1 saturated carbocycles. The van der Waals surface area contributed by atoms with Crippen LogP contribution in [0, 0.1) is 6.92 Å². The second-order valence-corrected chi connectivity index (χ2v) is 6.29. The summed E-state index contributed by atoms with van der Waals surface area (Å²) >= 11 is 0. The standard InChI is InChI=1S/C17H24N4O2/c1-12-7-8-16(23-12)13(2)19-15-9-18-21(10-15)11-17(22)20-14-5-3-4-6-14/h7-10,13-14,19H,3-6,11H2,1-2H3,(H,20,22). The minimum atomic E-state index is 0.0289. The molecule has 23 heavy (non-hydrogen) atoms. The number of nitrogens with one attached hydrogen (secondary N) is 2. The molecule has 0 aliphatic heterocycles. The third kappa shape index (κ3) is 4.15. The van der Waals surface area contributed by atoms with Crippen molar-refractivity contribution in [2.75, 3.05) is 5.32 Å². The Hall–Kier alpha value is -2.24. The van der Waals surface area contributed by atoms with Crippen LogP contribution in [0.1, 0.15) is 50.2 Å². The lowest BCUT2D eigenvalue weighted by atomic mass is 10.2. The lowest BCUT2D eigenvalue weighted by Crippen LogP contribution is -2.35. The van der Waals surface area contributed by atoms with Gasteiger partial charge >= 0.3 is 0 Å². The molecule has 1 fully saturated rings. The van der Waals surface area contributed by atoms with E-state index in [0.29, 0.717) is 6.04 Å². The molecule has 2 heterocycles. The molecule has 2 N–H and O–H groups in total. The van der Waals surface area contributed by atoms with Gasteiger partial charge in [-0.25, -0.2) is 0 Å². The molecule has 1 amide bonds. The zero-order chi connectivity index (χ0) is 16.2. The Bertz CT molecular complexity index is 655. The van der Waals surface area contributed by atoms with E-state index >= 15 is 0 Å². The molecular weight excluding hydrogens is 292 g/mol. The number of furan rings is 1. The van der Waals surface area contributed by atoms with E-state index in [1.807, 2.05) is 32.2 Å². The Labute approximate surface area is 136 Å². The van der Waals surface area contributed by atoms with Gasteiger partial charge < -0.3 is 15.1 Å². The van der Waals surface area contributed by atoms with Crippen LogP contribution in [0.25, 0.3) is 0 Å². The summed E-state index contributed by atoms with van der Waals surface area (Å²) in [7, 11) is 0. The van der Waals surface area contributed by atoms with E-state index in [9.17, 15) is 4.79 Å². The smallest absolute Gasteiger partial charge is 0.241 e. The number of carbonyl (C=O) groups is 1. The van der Waals surface area contributed by atoms with Crippen molar-refractivity contribution in [1.29, 1.82) is 0 Å². The molecule has 6 nitrogen and oxygen atoms in total. The maximum Gasteiger partial charge on any atom is 0.241 e. The maximum atomic E-state index is 12.0. The monoisotopic (exact) mass is 316 g/mol. The molecule has 1 atom stereocenters. The molecule has 0 bridgehead atoms. The van der Waals surface area contributed by atoms with Gasteiger partial charge in [0.1, 0.15) is 18.1 Å². The third-order valence-corrected chi connectivity index (χ3v) is 4.23. The molecule has 2 aromatic rings. The Morgan fingerprint density at radius 2 is 2.22 bits per heavy atom. The van der Waals surface area contributed by atoms with Gasteiger partial charge in [-0.2, -0.15) is 5.10 Å². The molecule has 0 aromatic carbocycles. The summed E-state index contributed by atoms with van der Waals surface area (Å²) in [5, 5.41) is 10.6. The fourth-order valence-electron chi connectivity index (χ4n) is 3.02. The summed E-state index contributed by atoms with van der Waals surface area (Å²) in [6.45, 7) is 4.21. The highest BCUT2D eigenvalue weighted by Gasteiger charge is 2.17. The largest absolute Gasteiger partial charge is 0.464 e. The van der Waals surface area contributed by atoms with E-state index in [0.717, 1.165) is 30.0 Å². The number of aryl methyl sites for hydroxylation is 1. The highest BCUT2D eigenvalue weighted by atomic mass is 16.3. The van der Waals surface area contributed by atoms with Crippen LogP contribution in [0.3, 0.4) is 0 Å². The van der Waals surface area contributed by atoms with Crippen molar-refractivity contribution in [2.24, 2.45) is 0 Å². The molecule has 6 heteroatoms.